The van der Waals surface area contributed by atoms with Crippen molar-refractivity contribution in [3.05, 3.63) is 0 Å². The third kappa shape index (κ3) is 7.75. The van der Waals surface area contributed by atoms with Crippen LogP contribution in [0.4, 0.5) is 0 Å². The molecule has 0 unspecified atom stereocenters. The summed E-state index contributed by atoms with van der Waals surface area (Å²) in [7, 11) is 17.9. The molecule has 0 aliphatic heterocycles. The van der Waals surface area contributed by atoms with Gasteiger partial charge in [-0.25, -0.2) is 0 Å². The van der Waals surface area contributed by atoms with Gasteiger partial charge in [-0.1, -0.05) is 6.92 Å². The van der Waals surface area contributed by atoms with Crippen molar-refractivity contribution in [1.29, 1.82) is 0 Å². The van der Waals surface area contributed by atoms with Crippen molar-refractivity contribution in [2.24, 2.45) is 5.41 Å². The number of rotatable bonds is 6. The van der Waals surface area contributed by atoms with Crippen LogP contribution in [0.5, 0.6) is 0 Å². The highest BCUT2D eigenvalue weighted by Gasteiger charge is 2.32. The summed E-state index contributed by atoms with van der Waals surface area (Å²) in [5.41, 5.74) is -0.0988. The molecule has 0 rings (SSSR count). The number of thiocarbonyl (C=S) groups is 3. The Bertz CT molecular complexity index is 437. The van der Waals surface area contributed by atoms with Gasteiger partial charge in [0.1, 0.15) is 0 Å². The molecule has 0 aromatic carbocycles. The van der Waals surface area contributed by atoms with Gasteiger partial charge >= 0.3 is 0 Å². The molecular weight excluding hydrogens is 384 g/mol. The minimum Gasteiger partial charge on any atom is -0.355 e. The maximum Gasteiger partial charge on any atom is 0.170 e. The molecule has 0 aromatic heterocycles. The summed E-state index contributed by atoms with van der Waals surface area (Å²) in [6.07, 6.45) is 0. The van der Waals surface area contributed by atoms with Crippen molar-refractivity contribution in [2.75, 3.05) is 83.1 Å². The van der Waals surface area contributed by atoms with E-state index in [1.165, 1.54) is 0 Å². The first-order valence-corrected chi connectivity index (χ1v) is 9.71. The Morgan fingerprint density at radius 2 is 0.731 bits per heavy atom. The van der Waals surface area contributed by atoms with Gasteiger partial charge in [0.25, 0.3) is 0 Å². The largest absolute Gasteiger partial charge is 0.355 e. The first-order valence-electron chi connectivity index (χ1n) is 8.49. The Hall–Kier alpha value is -0.930. The van der Waals surface area contributed by atoms with E-state index in [2.05, 4.69) is 21.6 Å². The molecular formula is C17H36N6S3. The van der Waals surface area contributed by atoms with E-state index in [9.17, 15) is 0 Å². The standard InChI is InChI=1S/C17H36N6S3/c1-17(11-21(8)14(24)18(2)3,12-22(9)15(25)19(4)5)13-23(10)16(26)20(6)7/h11-13H2,1-10H3. The predicted molar refractivity (Wildman–Crippen MR) is 125 cm³/mol. The van der Waals surface area contributed by atoms with E-state index in [4.69, 9.17) is 36.7 Å². The normalized spacial score (nSPS) is 10.8. The van der Waals surface area contributed by atoms with Crippen molar-refractivity contribution < 1.29 is 0 Å². The molecule has 0 atom stereocenters. The van der Waals surface area contributed by atoms with Crippen LogP contribution < -0.4 is 0 Å². The SMILES string of the molecule is CN(C)C(=S)N(C)CC(C)(CN(C)C(=S)N(C)C)CN(C)C(=S)N(C)C. The fraction of sp³-hybridized carbons (Fsp3) is 0.824. The molecule has 0 heterocycles. The third-order valence-electron chi connectivity index (χ3n) is 3.98. The molecule has 0 bridgehead atoms. The van der Waals surface area contributed by atoms with Gasteiger partial charge in [-0.15, -0.1) is 0 Å². The Labute approximate surface area is 176 Å². The zero-order valence-corrected chi connectivity index (χ0v) is 20.5. The monoisotopic (exact) mass is 420 g/mol. The molecule has 0 saturated carbocycles. The van der Waals surface area contributed by atoms with Gasteiger partial charge in [0.2, 0.25) is 0 Å². The van der Waals surface area contributed by atoms with E-state index in [-0.39, 0.29) is 5.41 Å². The van der Waals surface area contributed by atoms with Crippen molar-refractivity contribution in [1.82, 2.24) is 29.4 Å². The molecule has 0 amide bonds. The van der Waals surface area contributed by atoms with Crippen LogP contribution in [-0.4, -0.2) is 128 Å². The van der Waals surface area contributed by atoms with Crippen LogP contribution in [0, 0.1) is 5.41 Å². The number of nitrogens with zero attached hydrogens (tertiary/aromatic N) is 6. The van der Waals surface area contributed by atoms with E-state index in [0.717, 1.165) is 35.0 Å². The number of hydrogen-bond donors (Lipinski definition) is 0. The van der Waals surface area contributed by atoms with Crippen molar-refractivity contribution in [2.45, 2.75) is 6.92 Å². The van der Waals surface area contributed by atoms with Gasteiger partial charge in [0, 0.05) is 88.5 Å². The minimum atomic E-state index is -0.0988. The fourth-order valence-electron chi connectivity index (χ4n) is 3.09. The first kappa shape index (κ1) is 25.1. The van der Waals surface area contributed by atoms with Crippen LogP contribution in [0.3, 0.4) is 0 Å². The predicted octanol–water partition coefficient (Wildman–Crippen LogP) is 1.33. The van der Waals surface area contributed by atoms with Gasteiger partial charge in [0.15, 0.2) is 15.3 Å². The fourth-order valence-corrected chi connectivity index (χ4v) is 3.29. The maximum absolute atomic E-state index is 5.54. The zero-order valence-electron chi connectivity index (χ0n) is 18.0. The molecule has 26 heavy (non-hydrogen) atoms. The molecule has 0 spiro atoms. The van der Waals surface area contributed by atoms with Crippen molar-refractivity contribution in [3.8, 4) is 0 Å². The van der Waals surface area contributed by atoms with Crippen LogP contribution in [0.15, 0.2) is 0 Å². The molecule has 0 aliphatic rings. The quantitative estimate of drug-likeness (QED) is 0.588. The van der Waals surface area contributed by atoms with Crippen LogP contribution in [0.1, 0.15) is 6.92 Å². The third-order valence-corrected chi connectivity index (χ3v) is 6.01. The van der Waals surface area contributed by atoms with Crippen LogP contribution >= 0.6 is 36.7 Å². The maximum atomic E-state index is 5.54. The van der Waals surface area contributed by atoms with Gasteiger partial charge in [0.05, 0.1) is 0 Å². The Morgan fingerprint density at radius 1 is 0.538 bits per heavy atom. The smallest absolute Gasteiger partial charge is 0.170 e. The summed E-state index contributed by atoms with van der Waals surface area (Å²) in [6.45, 7) is 4.64. The highest BCUT2D eigenvalue weighted by atomic mass is 32.1. The van der Waals surface area contributed by atoms with Crippen LogP contribution in [0.2, 0.25) is 0 Å². The van der Waals surface area contributed by atoms with Crippen molar-refractivity contribution >= 4 is 52.0 Å². The molecule has 6 nitrogen and oxygen atoms in total. The van der Waals surface area contributed by atoms with Crippen LogP contribution in [0.25, 0.3) is 0 Å². The van der Waals surface area contributed by atoms with Gasteiger partial charge in [-0.05, 0) is 36.7 Å². The molecule has 0 N–H and O–H groups in total. The summed E-state index contributed by atoms with van der Waals surface area (Å²) >= 11 is 16.6. The topological polar surface area (TPSA) is 19.4 Å². The van der Waals surface area contributed by atoms with E-state index < -0.39 is 0 Å². The summed E-state index contributed by atoms with van der Waals surface area (Å²) in [4.78, 5) is 12.2. The lowest BCUT2D eigenvalue weighted by atomic mass is 9.88. The highest BCUT2D eigenvalue weighted by Crippen LogP contribution is 2.22. The second kappa shape index (κ2) is 10.4. The van der Waals surface area contributed by atoms with E-state index in [1.54, 1.807) is 0 Å². The van der Waals surface area contributed by atoms with E-state index in [0.29, 0.717) is 0 Å². The molecule has 0 saturated heterocycles. The lowest BCUT2D eigenvalue weighted by Gasteiger charge is -2.42. The lowest BCUT2D eigenvalue weighted by Crippen LogP contribution is -2.53. The average Bonchev–Trinajstić information content (AvgIpc) is 2.51. The summed E-state index contributed by atoms with van der Waals surface area (Å²) in [6, 6.07) is 0. The molecule has 0 aliphatic carbocycles. The Morgan fingerprint density at radius 3 is 0.885 bits per heavy atom. The molecule has 9 heteroatoms. The van der Waals surface area contributed by atoms with Crippen LogP contribution in [-0.2, 0) is 0 Å². The van der Waals surface area contributed by atoms with E-state index in [1.807, 2.05) is 78.1 Å². The Balaban J connectivity index is 5.46. The molecule has 152 valence electrons. The molecule has 0 fully saturated rings. The lowest BCUT2D eigenvalue weighted by molar-refractivity contribution is 0.158. The summed E-state index contributed by atoms with van der Waals surface area (Å²) < 4.78 is 0. The minimum absolute atomic E-state index is 0.0988. The summed E-state index contributed by atoms with van der Waals surface area (Å²) in [5, 5.41) is 2.44. The molecule has 0 radical (unpaired) electrons. The second-order valence-electron chi connectivity index (χ2n) is 7.91. The van der Waals surface area contributed by atoms with Gasteiger partial charge in [-0.2, -0.15) is 0 Å². The van der Waals surface area contributed by atoms with Gasteiger partial charge < -0.3 is 29.4 Å². The Kier molecular flexibility index (Phi) is 10.0. The molecule has 0 aromatic rings. The summed E-state index contributed by atoms with van der Waals surface area (Å²) in [5.74, 6) is 0. The highest BCUT2D eigenvalue weighted by molar-refractivity contribution is 7.80. The second-order valence-corrected chi connectivity index (χ2v) is 9.01. The first-order chi connectivity index (χ1) is 11.7. The van der Waals surface area contributed by atoms with E-state index >= 15 is 0 Å². The number of hydrogen-bond acceptors (Lipinski definition) is 3. The van der Waals surface area contributed by atoms with Crippen molar-refractivity contribution in [3.63, 3.8) is 0 Å². The van der Waals surface area contributed by atoms with Gasteiger partial charge in [-0.3, -0.25) is 0 Å². The zero-order chi connectivity index (χ0) is 20.8. The average molecular weight is 421 g/mol.